The van der Waals surface area contributed by atoms with E-state index in [1.54, 1.807) is 22.3 Å². The lowest BCUT2D eigenvalue weighted by atomic mass is 9.74. The monoisotopic (exact) mass is 468 g/mol. The Balaban J connectivity index is 1.76. The highest BCUT2D eigenvalue weighted by Crippen LogP contribution is 2.46. The molecule has 0 nitrogen and oxygen atoms in total. The molecule has 140 valence electrons. The van der Waals surface area contributed by atoms with Crippen molar-refractivity contribution in [3.05, 3.63) is 81.7 Å². The third-order valence-electron chi connectivity index (χ3n) is 6.64. The number of fused-ring (bicyclic) bond motifs is 2. The van der Waals surface area contributed by atoms with E-state index in [1.165, 1.54) is 39.7 Å². The minimum atomic E-state index is 0.249. The third kappa shape index (κ3) is 3.44. The molecule has 0 saturated heterocycles. The topological polar surface area (TPSA) is 0 Å². The van der Waals surface area contributed by atoms with Gasteiger partial charge in [-0.2, -0.15) is 0 Å². The Bertz CT molecular complexity index is 1010. The number of benzene rings is 2. The van der Waals surface area contributed by atoms with Crippen molar-refractivity contribution in [2.75, 3.05) is 0 Å². The van der Waals surface area contributed by atoms with Crippen molar-refractivity contribution in [3.63, 3.8) is 0 Å². The largest absolute Gasteiger partial charge is 0.0813 e. The molecule has 0 aliphatic heterocycles. The van der Waals surface area contributed by atoms with E-state index in [0.717, 1.165) is 6.42 Å². The van der Waals surface area contributed by atoms with E-state index in [1.807, 2.05) is 0 Å². The lowest BCUT2D eigenvalue weighted by Crippen LogP contribution is -2.32. The van der Waals surface area contributed by atoms with Crippen LogP contribution < -0.4 is 10.4 Å². The van der Waals surface area contributed by atoms with Gasteiger partial charge in [0.1, 0.15) is 0 Å². The Labute approximate surface area is 177 Å². The van der Waals surface area contributed by atoms with E-state index in [9.17, 15) is 0 Å². The zero-order valence-electron chi connectivity index (χ0n) is 16.7. The maximum atomic E-state index is 2.54. The van der Waals surface area contributed by atoms with Crippen LogP contribution in [0.15, 0.2) is 60.2 Å². The molecule has 0 amide bonds. The lowest BCUT2D eigenvalue weighted by molar-refractivity contribution is 0.348. The van der Waals surface area contributed by atoms with Crippen LogP contribution in [0.4, 0.5) is 0 Å². The van der Waals surface area contributed by atoms with Crippen LogP contribution in [0.25, 0.3) is 9.15 Å². The van der Waals surface area contributed by atoms with Crippen molar-refractivity contribution in [1.29, 1.82) is 0 Å². The van der Waals surface area contributed by atoms with Gasteiger partial charge in [0.2, 0.25) is 0 Å². The molecule has 0 spiro atoms. The molecule has 0 saturated carbocycles. The normalized spacial score (nSPS) is 21.2. The SMILES string of the molecule is CC/C=C(\CC1Cc2ccccc2C1(C)C)C1=c2ccccc2=C(I)CC1. The first-order valence-electron chi connectivity index (χ1n) is 10.3. The molecule has 0 radical (unpaired) electrons. The van der Waals surface area contributed by atoms with E-state index >= 15 is 0 Å². The molecule has 1 atom stereocenters. The lowest BCUT2D eigenvalue weighted by Gasteiger charge is -2.30. The van der Waals surface area contributed by atoms with Crippen LogP contribution in [0.3, 0.4) is 0 Å². The summed E-state index contributed by atoms with van der Waals surface area (Å²) in [5.41, 5.74) is 6.56. The third-order valence-corrected chi connectivity index (χ3v) is 7.76. The van der Waals surface area contributed by atoms with Crippen LogP contribution in [0.5, 0.6) is 0 Å². The summed E-state index contributed by atoms with van der Waals surface area (Å²) in [5.74, 6) is 0.678. The summed E-state index contributed by atoms with van der Waals surface area (Å²) in [6, 6.07) is 18.1. The summed E-state index contributed by atoms with van der Waals surface area (Å²) in [6.07, 6.45) is 8.38. The zero-order chi connectivity index (χ0) is 19.0. The van der Waals surface area contributed by atoms with Gasteiger partial charge in [-0.3, -0.25) is 0 Å². The molecule has 0 aromatic heterocycles. The first-order valence-corrected chi connectivity index (χ1v) is 11.3. The zero-order valence-corrected chi connectivity index (χ0v) is 18.8. The highest BCUT2D eigenvalue weighted by atomic mass is 127. The first kappa shape index (κ1) is 19.0. The molecule has 0 bridgehead atoms. The molecule has 4 rings (SSSR count). The van der Waals surface area contributed by atoms with Gasteiger partial charge in [-0.15, -0.1) is 0 Å². The van der Waals surface area contributed by atoms with E-state index in [-0.39, 0.29) is 5.41 Å². The van der Waals surface area contributed by atoms with Crippen molar-refractivity contribution in [2.24, 2.45) is 5.92 Å². The van der Waals surface area contributed by atoms with Crippen LogP contribution in [0, 0.1) is 5.92 Å². The smallest absolute Gasteiger partial charge is 0.00123 e. The van der Waals surface area contributed by atoms with Crippen molar-refractivity contribution in [2.45, 2.75) is 58.3 Å². The molecule has 2 aromatic rings. The highest BCUT2D eigenvalue weighted by Gasteiger charge is 2.39. The molecule has 2 aliphatic carbocycles. The molecule has 0 fully saturated rings. The van der Waals surface area contributed by atoms with Gasteiger partial charge in [0.15, 0.2) is 0 Å². The van der Waals surface area contributed by atoms with Crippen LogP contribution >= 0.6 is 22.6 Å². The maximum absolute atomic E-state index is 2.54. The van der Waals surface area contributed by atoms with Crippen molar-refractivity contribution in [3.8, 4) is 0 Å². The van der Waals surface area contributed by atoms with Gasteiger partial charge in [-0.1, -0.05) is 75.4 Å². The number of allylic oxidation sites excluding steroid dienone is 2. The standard InChI is InChI=1S/C26H29I/c1-4-9-18(21-14-15-25(27)23-12-7-6-11-22(21)23)16-20-17-19-10-5-8-13-24(19)26(20,2)3/h5-13,20H,4,14-17H2,1-3H3/b18-9+. The summed E-state index contributed by atoms with van der Waals surface area (Å²) >= 11 is 2.54. The molecule has 1 unspecified atom stereocenters. The Morgan fingerprint density at radius 2 is 1.74 bits per heavy atom. The molecule has 0 N–H and O–H groups in total. The minimum absolute atomic E-state index is 0.249. The molecule has 0 heterocycles. The Kier molecular flexibility index (Phi) is 5.33. The molecule has 1 heteroatoms. The van der Waals surface area contributed by atoms with E-state index in [0.29, 0.717) is 5.92 Å². The van der Waals surface area contributed by atoms with Gasteiger partial charge in [0.05, 0.1) is 0 Å². The second-order valence-corrected chi connectivity index (χ2v) is 9.85. The summed E-state index contributed by atoms with van der Waals surface area (Å²) < 4.78 is 1.51. The van der Waals surface area contributed by atoms with Crippen molar-refractivity contribution >= 4 is 31.7 Å². The van der Waals surface area contributed by atoms with Crippen LogP contribution in [-0.4, -0.2) is 0 Å². The Morgan fingerprint density at radius 1 is 1.04 bits per heavy atom. The molecule has 2 aliphatic rings. The molecular formula is C26H29I. The van der Waals surface area contributed by atoms with Gasteiger partial charge >= 0.3 is 0 Å². The molecular weight excluding hydrogens is 439 g/mol. The van der Waals surface area contributed by atoms with Crippen LogP contribution in [0.2, 0.25) is 0 Å². The quantitative estimate of drug-likeness (QED) is 0.480. The maximum Gasteiger partial charge on any atom is -0.00123 e. The summed E-state index contributed by atoms with van der Waals surface area (Å²) in [5, 5.41) is 2.93. The van der Waals surface area contributed by atoms with E-state index < -0.39 is 0 Å². The van der Waals surface area contributed by atoms with Crippen molar-refractivity contribution in [1.82, 2.24) is 0 Å². The van der Waals surface area contributed by atoms with Gasteiger partial charge in [-0.25, -0.2) is 0 Å². The summed E-state index contributed by atoms with van der Waals surface area (Å²) in [7, 11) is 0. The van der Waals surface area contributed by atoms with Crippen molar-refractivity contribution < 1.29 is 0 Å². The highest BCUT2D eigenvalue weighted by molar-refractivity contribution is 14.1. The minimum Gasteiger partial charge on any atom is -0.0813 e. The average Bonchev–Trinajstić information content (AvgIpc) is 2.93. The van der Waals surface area contributed by atoms with E-state index in [4.69, 9.17) is 0 Å². The predicted octanol–water partition coefficient (Wildman–Crippen LogP) is 6.05. The fraction of sp³-hybridized carbons (Fsp3) is 0.385. The Hall–Kier alpha value is -1.35. The number of halogens is 1. The van der Waals surface area contributed by atoms with Gasteiger partial charge in [0.25, 0.3) is 0 Å². The second-order valence-electron chi connectivity index (χ2n) is 8.55. The Morgan fingerprint density at radius 3 is 2.48 bits per heavy atom. The first-order chi connectivity index (χ1) is 13.0. The average molecular weight is 468 g/mol. The number of hydrogen-bond acceptors (Lipinski definition) is 0. The number of hydrogen-bond donors (Lipinski definition) is 0. The summed E-state index contributed by atoms with van der Waals surface area (Å²) in [4.78, 5) is 0. The summed E-state index contributed by atoms with van der Waals surface area (Å²) in [6.45, 7) is 7.17. The molecule has 27 heavy (non-hydrogen) atoms. The van der Waals surface area contributed by atoms with Gasteiger partial charge < -0.3 is 0 Å². The van der Waals surface area contributed by atoms with Crippen LogP contribution in [0.1, 0.15) is 57.6 Å². The van der Waals surface area contributed by atoms with Crippen LogP contribution in [-0.2, 0) is 11.8 Å². The van der Waals surface area contributed by atoms with Gasteiger partial charge in [-0.05, 0) is 102 Å². The fourth-order valence-electron chi connectivity index (χ4n) is 5.06. The second kappa shape index (κ2) is 7.58. The number of rotatable bonds is 4. The fourth-order valence-corrected chi connectivity index (χ4v) is 5.80. The van der Waals surface area contributed by atoms with E-state index in [2.05, 4.69) is 98.0 Å². The predicted molar refractivity (Wildman–Crippen MR) is 125 cm³/mol. The van der Waals surface area contributed by atoms with Gasteiger partial charge in [0, 0.05) is 0 Å². The molecule has 2 aromatic carbocycles.